The van der Waals surface area contributed by atoms with E-state index in [1.165, 1.54) is 0 Å². The van der Waals surface area contributed by atoms with E-state index in [0.29, 0.717) is 5.96 Å². The van der Waals surface area contributed by atoms with Gasteiger partial charge in [-0.15, -0.1) is 0 Å². The van der Waals surface area contributed by atoms with Gasteiger partial charge in [-0.1, -0.05) is 0 Å². The van der Waals surface area contributed by atoms with Gasteiger partial charge >= 0.3 is 0 Å². The fourth-order valence-electron chi connectivity index (χ4n) is 1.47. The Morgan fingerprint density at radius 2 is 2.25 bits per heavy atom. The number of hydrogen-bond donors (Lipinski definition) is 2. The fourth-order valence-corrected chi connectivity index (χ4v) is 1.47. The van der Waals surface area contributed by atoms with Crippen LogP contribution in [0.4, 0.5) is 0 Å². The van der Waals surface area contributed by atoms with Gasteiger partial charge in [-0.05, 0) is 12.8 Å². The van der Waals surface area contributed by atoms with Gasteiger partial charge in [0.25, 0.3) is 0 Å². The Labute approximate surface area is 71.4 Å². The predicted molar refractivity (Wildman–Crippen MR) is 46.5 cm³/mol. The van der Waals surface area contributed by atoms with Crippen molar-refractivity contribution in [2.45, 2.75) is 18.9 Å². The molecule has 1 unspecified atom stereocenters. The van der Waals surface area contributed by atoms with E-state index < -0.39 is 0 Å². The number of guanidine groups is 1. The number of likely N-dealkylation sites (tertiary alicyclic amines) is 1. The zero-order valence-corrected chi connectivity index (χ0v) is 7.16. The van der Waals surface area contributed by atoms with Gasteiger partial charge in [0.05, 0.1) is 0 Å². The molecule has 0 spiro atoms. The lowest BCUT2D eigenvalue weighted by atomic mass is 10.2. The van der Waals surface area contributed by atoms with Crippen LogP contribution in [0.3, 0.4) is 0 Å². The van der Waals surface area contributed by atoms with Crippen LogP contribution in [0.1, 0.15) is 12.8 Å². The Morgan fingerprint density at radius 1 is 1.58 bits per heavy atom. The highest BCUT2D eigenvalue weighted by Gasteiger charge is 2.29. The average Bonchev–Trinajstić information content (AvgIpc) is 2.50. The number of carbonyl (C=O) groups is 1. The summed E-state index contributed by atoms with van der Waals surface area (Å²) in [6, 6.07) is -0.256. The van der Waals surface area contributed by atoms with Crippen molar-refractivity contribution in [1.82, 2.24) is 4.90 Å². The fraction of sp³-hybridized carbons (Fsp3) is 0.714. The zero-order valence-electron chi connectivity index (χ0n) is 7.16. The van der Waals surface area contributed by atoms with Crippen molar-refractivity contribution in [1.29, 1.82) is 0 Å². The second kappa shape index (κ2) is 3.42. The number of primary amides is 1. The van der Waals surface area contributed by atoms with E-state index in [4.69, 9.17) is 11.5 Å². The number of rotatable bonds is 1. The smallest absolute Gasteiger partial charge is 0.240 e. The number of amides is 1. The summed E-state index contributed by atoms with van der Waals surface area (Å²) in [6.07, 6.45) is 1.73. The van der Waals surface area contributed by atoms with Gasteiger partial charge in [0.15, 0.2) is 5.96 Å². The van der Waals surface area contributed by atoms with Crippen LogP contribution < -0.4 is 11.5 Å². The lowest BCUT2D eigenvalue weighted by Gasteiger charge is -2.22. The molecule has 0 bridgehead atoms. The molecule has 1 aliphatic rings. The zero-order chi connectivity index (χ0) is 9.14. The maximum absolute atomic E-state index is 10.9. The van der Waals surface area contributed by atoms with Crippen molar-refractivity contribution in [2.24, 2.45) is 16.5 Å². The highest BCUT2D eigenvalue weighted by atomic mass is 16.1. The van der Waals surface area contributed by atoms with Gasteiger partial charge in [0.2, 0.25) is 5.91 Å². The molecule has 4 N–H and O–H groups in total. The number of nitrogens with zero attached hydrogens (tertiary/aromatic N) is 2. The highest BCUT2D eigenvalue weighted by Crippen LogP contribution is 2.15. The lowest BCUT2D eigenvalue weighted by molar-refractivity contribution is -0.121. The minimum Gasteiger partial charge on any atom is -0.370 e. The molecule has 0 saturated carbocycles. The van der Waals surface area contributed by atoms with Gasteiger partial charge in [0, 0.05) is 13.6 Å². The summed E-state index contributed by atoms with van der Waals surface area (Å²) >= 11 is 0. The molecule has 1 aliphatic heterocycles. The molecule has 12 heavy (non-hydrogen) atoms. The van der Waals surface area contributed by atoms with Crippen LogP contribution in [0.2, 0.25) is 0 Å². The Bertz CT molecular complexity index is 213. The molecule has 5 nitrogen and oxygen atoms in total. The Kier molecular flexibility index (Phi) is 2.52. The summed E-state index contributed by atoms with van der Waals surface area (Å²) in [5.74, 6) is 0.0791. The average molecular weight is 170 g/mol. The van der Waals surface area contributed by atoms with Gasteiger partial charge in [-0.2, -0.15) is 0 Å². The summed E-state index contributed by atoms with van der Waals surface area (Å²) in [5, 5.41) is 0. The van der Waals surface area contributed by atoms with E-state index in [2.05, 4.69) is 4.99 Å². The van der Waals surface area contributed by atoms with Gasteiger partial charge in [0.1, 0.15) is 6.04 Å². The summed E-state index contributed by atoms with van der Waals surface area (Å²) in [4.78, 5) is 16.5. The molecule has 0 aromatic rings. The van der Waals surface area contributed by atoms with Crippen molar-refractivity contribution in [3.8, 4) is 0 Å². The number of hydrogen-bond acceptors (Lipinski definition) is 2. The first-order chi connectivity index (χ1) is 5.66. The van der Waals surface area contributed by atoms with E-state index in [1.807, 2.05) is 0 Å². The predicted octanol–water partition coefficient (Wildman–Crippen LogP) is -1.12. The summed E-state index contributed by atoms with van der Waals surface area (Å²) in [6.45, 7) is 0.775. The third-order valence-corrected chi connectivity index (χ3v) is 2.10. The van der Waals surface area contributed by atoms with Crippen LogP contribution in [-0.2, 0) is 4.79 Å². The summed E-state index contributed by atoms with van der Waals surface area (Å²) < 4.78 is 0. The standard InChI is InChI=1S/C7H14N4O/c1-10-7(9)11-4-2-3-5(11)6(8)12/h5H,2-4H2,1H3,(H2,8,12)(H2,9,10). The van der Waals surface area contributed by atoms with Crippen molar-refractivity contribution in [3.63, 3.8) is 0 Å². The summed E-state index contributed by atoms with van der Waals surface area (Å²) in [5.41, 5.74) is 10.8. The van der Waals surface area contributed by atoms with Crippen molar-refractivity contribution >= 4 is 11.9 Å². The minimum atomic E-state index is -0.320. The molecule has 1 fully saturated rings. The topological polar surface area (TPSA) is 84.7 Å². The molecule has 0 radical (unpaired) electrons. The Hall–Kier alpha value is -1.26. The van der Waals surface area contributed by atoms with Crippen LogP contribution in [0.5, 0.6) is 0 Å². The maximum Gasteiger partial charge on any atom is 0.240 e. The molecule has 1 amide bonds. The largest absolute Gasteiger partial charge is 0.370 e. The van der Waals surface area contributed by atoms with Gasteiger partial charge in [-0.3, -0.25) is 9.79 Å². The SMILES string of the molecule is CN=C(N)N1CCCC1C(N)=O. The molecule has 68 valence electrons. The van der Waals surface area contributed by atoms with Crippen LogP contribution in [0.25, 0.3) is 0 Å². The quantitative estimate of drug-likeness (QED) is 0.386. The Morgan fingerprint density at radius 3 is 2.75 bits per heavy atom. The van der Waals surface area contributed by atoms with Crippen LogP contribution in [-0.4, -0.2) is 36.4 Å². The number of nitrogens with two attached hydrogens (primary N) is 2. The van der Waals surface area contributed by atoms with E-state index in [9.17, 15) is 4.79 Å². The first kappa shape index (κ1) is 8.83. The normalized spacial score (nSPS) is 24.6. The van der Waals surface area contributed by atoms with Crippen LogP contribution in [0, 0.1) is 0 Å². The first-order valence-electron chi connectivity index (χ1n) is 3.95. The molecular formula is C7H14N4O. The summed E-state index contributed by atoms with van der Waals surface area (Å²) in [7, 11) is 1.60. The highest BCUT2D eigenvalue weighted by molar-refractivity contribution is 5.87. The van der Waals surface area contributed by atoms with Gasteiger partial charge < -0.3 is 16.4 Å². The van der Waals surface area contributed by atoms with Gasteiger partial charge in [-0.25, -0.2) is 0 Å². The molecule has 0 aliphatic carbocycles. The van der Waals surface area contributed by atoms with Crippen LogP contribution in [0.15, 0.2) is 4.99 Å². The second-order valence-electron chi connectivity index (χ2n) is 2.84. The second-order valence-corrected chi connectivity index (χ2v) is 2.84. The van der Waals surface area contributed by atoms with E-state index >= 15 is 0 Å². The molecule has 1 saturated heterocycles. The van der Waals surface area contributed by atoms with Crippen LogP contribution >= 0.6 is 0 Å². The Balaban J connectivity index is 2.70. The molecule has 5 heteroatoms. The monoisotopic (exact) mass is 170 g/mol. The first-order valence-corrected chi connectivity index (χ1v) is 3.95. The molecule has 0 aromatic carbocycles. The van der Waals surface area contributed by atoms with Crippen molar-refractivity contribution in [3.05, 3.63) is 0 Å². The lowest BCUT2D eigenvalue weighted by Crippen LogP contribution is -2.46. The maximum atomic E-state index is 10.9. The van der Waals surface area contributed by atoms with Crippen molar-refractivity contribution < 1.29 is 4.79 Å². The molecule has 1 atom stereocenters. The molecule has 1 rings (SSSR count). The third-order valence-electron chi connectivity index (χ3n) is 2.10. The van der Waals surface area contributed by atoms with E-state index in [1.54, 1.807) is 11.9 Å². The minimum absolute atomic E-state index is 0.256. The van der Waals surface area contributed by atoms with E-state index in [-0.39, 0.29) is 11.9 Å². The molecule has 1 heterocycles. The third kappa shape index (κ3) is 1.49. The molecular weight excluding hydrogens is 156 g/mol. The van der Waals surface area contributed by atoms with Crippen molar-refractivity contribution in [2.75, 3.05) is 13.6 Å². The molecule has 0 aromatic heterocycles. The number of aliphatic imine (C=N–C) groups is 1. The van der Waals surface area contributed by atoms with E-state index in [0.717, 1.165) is 19.4 Å². The number of carbonyl (C=O) groups excluding carboxylic acids is 1.